The molecule has 0 radical (unpaired) electrons. The number of ketones is 2. The van der Waals surface area contributed by atoms with E-state index < -0.39 is 0 Å². The van der Waals surface area contributed by atoms with Crippen molar-refractivity contribution in [2.45, 2.75) is 13.5 Å². The van der Waals surface area contributed by atoms with E-state index in [1.807, 2.05) is 30.3 Å². The summed E-state index contributed by atoms with van der Waals surface area (Å²) in [5.74, 6) is -0.542. The summed E-state index contributed by atoms with van der Waals surface area (Å²) >= 11 is 0. The number of nitrogens with zero attached hydrogens (tertiary/aromatic N) is 1. The topological polar surface area (TPSA) is 46.6 Å². The number of carbonyl (C=O) groups excluding carboxylic acids is 2. The fraction of sp³-hybridized carbons (Fsp3) is 0.333. The van der Waals surface area contributed by atoms with Crippen molar-refractivity contribution < 1.29 is 14.3 Å². The highest BCUT2D eigenvalue weighted by atomic mass is 16.5. The molecule has 1 rings (SSSR count). The molecular formula is C15H19NO3. The van der Waals surface area contributed by atoms with Gasteiger partial charge in [-0.2, -0.15) is 0 Å². The van der Waals surface area contributed by atoms with Crippen LogP contribution >= 0.6 is 0 Å². The molecule has 0 aliphatic rings. The van der Waals surface area contributed by atoms with Gasteiger partial charge < -0.3 is 9.64 Å². The Hall–Kier alpha value is -1.94. The lowest BCUT2D eigenvalue weighted by atomic mass is 10.1. The van der Waals surface area contributed by atoms with Gasteiger partial charge in [-0.3, -0.25) is 9.59 Å². The Balaban J connectivity index is 2.52. The molecular weight excluding hydrogens is 242 g/mol. The molecule has 1 aromatic rings. The van der Waals surface area contributed by atoms with Crippen LogP contribution in [-0.2, 0) is 20.9 Å². The molecule has 0 N–H and O–H groups in total. The summed E-state index contributed by atoms with van der Waals surface area (Å²) in [6, 6.07) is 9.58. The fourth-order valence-electron chi connectivity index (χ4n) is 1.53. The van der Waals surface area contributed by atoms with Crippen LogP contribution < -0.4 is 0 Å². The molecule has 19 heavy (non-hydrogen) atoms. The van der Waals surface area contributed by atoms with Crippen molar-refractivity contribution in [2.75, 3.05) is 20.7 Å². The minimum absolute atomic E-state index is 0.0891. The van der Waals surface area contributed by atoms with Crippen LogP contribution in [0.4, 0.5) is 0 Å². The van der Waals surface area contributed by atoms with E-state index in [9.17, 15) is 9.59 Å². The van der Waals surface area contributed by atoms with Crippen LogP contribution in [0.3, 0.4) is 0 Å². The Kier molecular flexibility index (Phi) is 5.96. The Morgan fingerprint density at radius 3 is 2.37 bits per heavy atom. The molecule has 0 bridgehead atoms. The Bertz CT molecular complexity index is 464. The summed E-state index contributed by atoms with van der Waals surface area (Å²) in [5, 5.41) is 0. The van der Waals surface area contributed by atoms with Crippen molar-refractivity contribution in [2.24, 2.45) is 0 Å². The van der Waals surface area contributed by atoms with Crippen molar-refractivity contribution in [3.8, 4) is 0 Å². The van der Waals surface area contributed by atoms with Crippen LogP contribution in [0.1, 0.15) is 12.5 Å². The largest absolute Gasteiger partial charge is 0.383 e. The van der Waals surface area contributed by atoms with E-state index in [1.54, 1.807) is 19.0 Å². The number of carbonyl (C=O) groups is 2. The van der Waals surface area contributed by atoms with Gasteiger partial charge in [-0.1, -0.05) is 30.3 Å². The molecule has 0 spiro atoms. The van der Waals surface area contributed by atoms with Crippen LogP contribution in [0.25, 0.3) is 0 Å². The van der Waals surface area contributed by atoms with E-state index in [-0.39, 0.29) is 23.7 Å². The van der Waals surface area contributed by atoms with E-state index in [0.29, 0.717) is 6.61 Å². The standard InChI is InChI=1S/C15H19NO3/c1-12(17)14(9-16(2)3)15(18)11-19-10-13-7-5-4-6-8-13/h4-9H,10-11H2,1-3H3. The highest BCUT2D eigenvalue weighted by molar-refractivity contribution is 6.19. The molecule has 0 fully saturated rings. The van der Waals surface area contributed by atoms with Gasteiger partial charge in [0.25, 0.3) is 0 Å². The molecule has 102 valence electrons. The van der Waals surface area contributed by atoms with Gasteiger partial charge in [0.05, 0.1) is 12.2 Å². The predicted octanol–water partition coefficient (Wildman–Crippen LogP) is 1.81. The molecule has 0 atom stereocenters. The number of hydrogen-bond acceptors (Lipinski definition) is 4. The zero-order valence-electron chi connectivity index (χ0n) is 11.6. The lowest BCUT2D eigenvalue weighted by molar-refractivity contribution is -0.123. The lowest BCUT2D eigenvalue weighted by Crippen LogP contribution is -2.19. The molecule has 0 amide bonds. The van der Waals surface area contributed by atoms with Gasteiger partial charge in [0.2, 0.25) is 0 Å². The number of rotatable bonds is 7. The minimum atomic E-state index is -0.294. The quantitative estimate of drug-likeness (QED) is 0.426. The molecule has 0 aliphatic carbocycles. The summed E-state index contributed by atoms with van der Waals surface area (Å²) in [7, 11) is 3.53. The van der Waals surface area contributed by atoms with Crippen molar-refractivity contribution >= 4 is 11.6 Å². The SMILES string of the molecule is CC(=O)C(=CN(C)C)C(=O)COCc1ccccc1. The summed E-state index contributed by atoms with van der Waals surface area (Å²) in [6.07, 6.45) is 1.52. The van der Waals surface area contributed by atoms with Gasteiger partial charge in [-0.25, -0.2) is 0 Å². The second-order valence-electron chi connectivity index (χ2n) is 4.46. The number of ether oxygens (including phenoxy) is 1. The maximum Gasteiger partial charge on any atom is 0.193 e. The van der Waals surface area contributed by atoms with E-state index in [0.717, 1.165) is 5.56 Å². The molecule has 1 aromatic carbocycles. The second-order valence-corrected chi connectivity index (χ2v) is 4.46. The third-order valence-corrected chi connectivity index (χ3v) is 2.41. The first-order valence-electron chi connectivity index (χ1n) is 6.04. The second kappa shape index (κ2) is 7.48. The van der Waals surface area contributed by atoms with E-state index >= 15 is 0 Å². The van der Waals surface area contributed by atoms with Crippen LogP contribution in [0.5, 0.6) is 0 Å². The van der Waals surface area contributed by atoms with E-state index in [2.05, 4.69) is 0 Å². The monoisotopic (exact) mass is 261 g/mol. The molecule has 0 unspecified atom stereocenters. The maximum absolute atomic E-state index is 11.9. The molecule has 0 aromatic heterocycles. The Morgan fingerprint density at radius 2 is 1.84 bits per heavy atom. The average molecular weight is 261 g/mol. The number of Topliss-reactive ketones (excluding diaryl/α,β-unsaturated/α-hetero) is 2. The highest BCUT2D eigenvalue weighted by Crippen LogP contribution is 2.04. The maximum atomic E-state index is 11.9. The average Bonchev–Trinajstić information content (AvgIpc) is 2.36. The first-order chi connectivity index (χ1) is 9.00. The van der Waals surface area contributed by atoms with Crippen molar-refractivity contribution in [1.29, 1.82) is 0 Å². The van der Waals surface area contributed by atoms with E-state index in [4.69, 9.17) is 4.74 Å². The molecule has 0 saturated carbocycles. The number of hydrogen-bond donors (Lipinski definition) is 0. The lowest BCUT2D eigenvalue weighted by Gasteiger charge is -2.09. The third-order valence-electron chi connectivity index (χ3n) is 2.41. The summed E-state index contributed by atoms with van der Waals surface area (Å²) in [5.41, 5.74) is 1.16. The van der Waals surface area contributed by atoms with Gasteiger partial charge in [0.15, 0.2) is 11.6 Å². The summed E-state index contributed by atoms with van der Waals surface area (Å²) in [4.78, 5) is 24.9. The zero-order chi connectivity index (χ0) is 14.3. The normalized spacial score (nSPS) is 11.2. The van der Waals surface area contributed by atoms with Crippen LogP contribution in [0.15, 0.2) is 42.1 Å². The molecule has 0 aliphatic heterocycles. The third kappa shape index (κ3) is 5.48. The summed E-state index contributed by atoms with van der Waals surface area (Å²) in [6.45, 7) is 1.65. The highest BCUT2D eigenvalue weighted by Gasteiger charge is 2.14. The van der Waals surface area contributed by atoms with Gasteiger partial charge in [0, 0.05) is 20.3 Å². The number of benzene rings is 1. The summed E-state index contributed by atoms with van der Waals surface area (Å²) < 4.78 is 5.33. The van der Waals surface area contributed by atoms with Gasteiger partial charge in [-0.05, 0) is 12.5 Å². The molecule has 4 nitrogen and oxygen atoms in total. The van der Waals surface area contributed by atoms with E-state index in [1.165, 1.54) is 13.1 Å². The Morgan fingerprint density at radius 1 is 1.21 bits per heavy atom. The molecule has 0 heterocycles. The van der Waals surface area contributed by atoms with Crippen LogP contribution in [-0.4, -0.2) is 37.2 Å². The first kappa shape index (κ1) is 15.1. The minimum Gasteiger partial charge on any atom is -0.383 e. The van der Waals surface area contributed by atoms with Crippen molar-refractivity contribution in [3.05, 3.63) is 47.7 Å². The first-order valence-corrected chi connectivity index (χ1v) is 6.04. The van der Waals surface area contributed by atoms with Gasteiger partial charge in [0.1, 0.15) is 6.61 Å². The van der Waals surface area contributed by atoms with Crippen molar-refractivity contribution in [3.63, 3.8) is 0 Å². The van der Waals surface area contributed by atoms with Gasteiger partial charge >= 0.3 is 0 Å². The molecule has 0 saturated heterocycles. The Labute approximate surface area is 113 Å². The van der Waals surface area contributed by atoms with Gasteiger partial charge in [-0.15, -0.1) is 0 Å². The smallest absolute Gasteiger partial charge is 0.193 e. The molecule has 4 heteroatoms. The van der Waals surface area contributed by atoms with Crippen LogP contribution in [0, 0.1) is 0 Å². The zero-order valence-corrected chi connectivity index (χ0v) is 11.6. The fourth-order valence-corrected chi connectivity index (χ4v) is 1.53. The predicted molar refractivity (Wildman–Crippen MR) is 73.6 cm³/mol. The van der Waals surface area contributed by atoms with Crippen LogP contribution in [0.2, 0.25) is 0 Å². The van der Waals surface area contributed by atoms with Crippen molar-refractivity contribution in [1.82, 2.24) is 4.90 Å².